The molecule has 1 unspecified atom stereocenters. The molecule has 0 radical (unpaired) electrons. The van der Waals surface area contributed by atoms with Gasteiger partial charge in [0.2, 0.25) is 0 Å². The number of fused-ring (bicyclic) bond motifs is 4. The summed E-state index contributed by atoms with van der Waals surface area (Å²) in [6.45, 7) is 4.06. The minimum Gasteiger partial charge on any atom is -0.495 e. The van der Waals surface area contributed by atoms with Gasteiger partial charge >= 0.3 is 0 Å². The van der Waals surface area contributed by atoms with Gasteiger partial charge in [-0.2, -0.15) is 0 Å². The lowest BCUT2D eigenvalue weighted by Crippen LogP contribution is -2.48. The summed E-state index contributed by atoms with van der Waals surface area (Å²) in [5.74, 6) is 0.872. The second kappa shape index (κ2) is 15.7. The van der Waals surface area contributed by atoms with Crippen LogP contribution in [0.25, 0.3) is 43.1 Å². The average molecular weight is 683 g/mol. The van der Waals surface area contributed by atoms with Gasteiger partial charge in [-0.1, -0.05) is 97.1 Å². The van der Waals surface area contributed by atoms with Gasteiger partial charge in [0.15, 0.2) is 0 Å². The van der Waals surface area contributed by atoms with E-state index in [2.05, 4.69) is 34.9 Å². The third-order valence-corrected chi connectivity index (χ3v) is 10.3. The van der Waals surface area contributed by atoms with E-state index < -0.39 is 21.9 Å². The van der Waals surface area contributed by atoms with E-state index in [0.717, 1.165) is 64.9 Å². The lowest BCUT2D eigenvalue weighted by atomic mass is 9.94. The number of hydrogen-bond acceptors (Lipinski definition) is 8. The van der Waals surface area contributed by atoms with Crippen molar-refractivity contribution in [2.45, 2.75) is 42.9 Å². The van der Waals surface area contributed by atoms with E-state index >= 15 is 0 Å². The first kappa shape index (κ1) is 36.4. The van der Waals surface area contributed by atoms with Crippen molar-refractivity contribution in [3.05, 3.63) is 108 Å². The van der Waals surface area contributed by atoms with Gasteiger partial charge in [0.1, 0.15) is 5.75 Å². The molecule has 0 fully saturated rings. The van der Waals surface area contributed by atoms with Gasteiger partial charge in [-0.05, 0) is 57.3 Å². The Labute approximate surface area is 289 Å². The Balaban J connectivity index is 0.000000191. The zero-order valence-corrected chi connectivity index (χ0v) is 29.3. The highest BCUT2D eigenvalue weighted by Gasteiger charge is 2.24. The number of nitrogens with one attached hydrogen (secondary N) is 2. The van der Waals surface area contributed by atoms with Crippen LogP contribution in [0, 0.1) is 0 Å². The fourth-order valence-corrected chi connectivity index (χ4v) is 7.17. The maximum Gasteiger partial charge on any atom is 0.134 e. The number of methoxy groups -OCH3 is 1. The molecule has 8 nitrogen and oxygen atoms in total. The molecule has 0 aliphatic rings. The zero-order valence-electron chi connectivity index (χ0n) is 28.5. The van der Waals surface area contributed by atoms with E-state index in [1.807, 2.05) is 72.8 Å². The van der Waals surface area contributed by atoms with Crippen LogP contribution in [0.2, 0.25) is 0 Å². The number of hydrogen-bond donors (Lipinski definition) is 6. The normalized spacial score (nSPS) is 12.7. The summed E-state index contributed by atoms with van der Waals surface area (Å²) < 4.78 is 18.1. The molecule has 0 aromatic heterocycles. The third kappa shape index (κ3) is 7.49. The second-order valence-electron chi connectivity index (χ2n) is 12.9. The first-order chi connectivity index (χ1) is 23.6. The molecule has 9 heteroatoms. The van der Waals surface area contributed by atoms with E-state index in [4.69, 9.17) is 4.74 Å². The summed E-state index contributed by atoms with van der Waals surface area (Å²) >= 11 is 0. The molecular formula is C40H46N2O6S. The SMILES string of the molecule is COc1c2ccccc2c(CNC(C)(CO)CO)c2ccccc12.CS(=O)c1c2ccccc2c(CNC(C)(CO)CO)c2ccccc12. The van der Waals surface area contributed by atoms with E-state index in [9.17, 15) is 24.6 Å². The summed E-state index contributed by atoms with van der Waals surface area (Å²) in [6, 6.07) is 32.2. The lowest BCUT2D eigenvalue weighted by molar-refractivity contribution is 0.103. The summed E-state index contributed by atoms with van der Waals surface area (Å²) in [6.07, 6.45) is 1.71. The van der Waals surface area contributed by atoms with Crippen LogP contribution in [0.1, 0.15) is 25.0 Å². The lowest BCUT2D eigenvalue weighted by Gasteiger charge is -2.27. The molecule has 0 spiro atoms. The van der Waals surface area contributed by atoms with Gasteiger partial charge in [0.25, 0.3) is 0 Å². The summed E-state index contributed by atoms with van der Waals surface area (Å²) in [5.41, 5.74) is 0.736. The van der Waals surface area contributed by atoms with Crippen LogP contribution in [0.4, 0.5) is 0 Å². The number of benzene rings is 6. The van der Waals surface area contributed by atoms with E-state index in [1.165, 1.54) is 0 Å². The Morgan fingerprint density at radius 2 is 0.837 bits per heavy atom. The van der Waals surface area contributed by atoms with Crippen LogP contribution in [-0.2, 0) is 23.9 Å². The molecule has 6 aromatic rings. The van der Waals surface area contributed by atoms with Crippen LogP contribution in [0.3, 0.4) is 0 Å². The fourth-order valence-electron chi connectivity index (χ4n) is 6.20. The Morgan fingerprint density at radius 1 is 0.551 bits per heavy atom. The highest BCUT2D eigenvalue weighted by atomic mass is 32.2. The summed E-state index contributed by atoms with van der Waals surface area (Å²) in [7, 11) is 0.584. The second-order valence-corrected chi connectivity index (χ2v) is 14.2. The molecule has 6 N–H and O–H groups in total. The molecular weight excluding hydrogens is 637 g/mol. The highest BCUT2D eigenvalue weighted by molar-refractivity contribution is 7.84. The fraction of sp³-hybridized carbons (Fsp3) is 0.300. The molecule has 0 saturated heterocycles. The molecule has 0 bridgehead atoms. The average Bonchev–Trinajstić information content (AvgIpc) is 3.14. The molecule has 0 aliphatic carbocycles. The molecule has 49 heavy (non-hydrogen) atoms. The van der Waals surface area contributed by atoms with Crippen molar-refractivity contribution in [3.8, 4) is 5.75 Å². The Kier molecular flexibility index (Phi) is 11.7. The van der Waals surface area contributed by atoms with Crippen molar-refractivity contribution in [3.63, 3.8) is 0 Å². The minimum atomic E-state index is -1.11. The highest BCUT2D eigenvalue weighted by Crippen LogP contribution is 2.38. The monoisotopic (exact) mass is 682 g/mol. The number of ether oxygens (including phenoxy) is 1. The van der Waals surface area contributed by atoms with Gasteiger partial charge in [0.05, 0.1) is 60.3 Å². The van der Waals surface area contributed by atoms with Crippen LogP contribution in [0.5, 0.6) is 5.75 Å². The van der Waals surface area contributed by atoms with Crippen molar-refractivity contribution >= 4 is 53.9 Å². The van der Waals surface area contributed by atoms with Gasteiger partial charge in [-0.15, -0.1) is 0 Å². The summed E-state index contributed by atoms with van der Waals surface area (Å²) in [5, 5.41) is 53.1. The minimum absolute atomic E-state index is 0.129. The maximum atomic E-state index is 12.4. The van der Waals surface area contributed by atoms with E-state index in [0.29, 0.717) is 13.1 Å². The van der Waals surface area contributed by atoms with Crippen LogP contribution < -0.4 is 15.4 Å². The third-order valence-electron chi connectivity index (χ3n) is 9.26. The molecule has 0 aliphatic heterocycles. The van der Waals surface area contributed by atoms with Gasteiger partial charge in [0, 0.05) is 30.1 Å². The van der Waals surface area contributed by atoms with E-state index in [1.54, 1.807) is 27.2 Å². The largest absolute Gasteiger partial charge is 0.495 e. The van der Waals surface area contributed by atoms with Crippen molar-refractivity contribution in [1.82, 2.24) is 10.6 Å². The maximum absolute atomic E-state index is 12.4. The van der Waals surface area contributed by atoms with E-state index in [-0.39, 0.29) is 26.4 Å². The van der Waals surface area contributed by atoms with Crippen molar-refractivity contribution < 1.29 is 29.4 Å². The molecule has 0 heterocycles. The predicted molar refractivity (Wildman–Crippen MR) is 201 cm³/mol. The first-order valence-electron chi connectivity index (χ1n) is 16.3. The van der Waals surface area contributed by atoms with Crippen LogP contribution in [0.15, 0.2) is 102 Å². The molecule has 0 saturated carbocycles. The van der Waals surface area contributed by atoms with Crippen molar-refractivity contribution in [1.29, 1.82) is 0 Å². The van der Waals surface area contributed by atoms with Crippen molar-refractivity contribution in [2.75, 3.05) is 39.8 Å². The Bertz CT molecular complexity index is 1980. The standard InChI is InChI=1S/C20H23NO3S.C20H23NO3/c1-20(12-22,13-23)21-11-18-14-7-3-5-9-16(14)19(25(2)24)17-10-6-4-8-15(17)18;1-20(12-22,13-23)21-11-18-14-7-3-5-9-16(14)19(24-2)17-10-6-4-8-15(17)18/h3-10,21-23H,11-13H2,1-2H3;3-10,21-23H,11-13H2,1-2H3. The molecule has 6 rings (SSSR count). The summed E-state index contributed by atoms with van der Waals surface area (Å²) in [4.78, 5) is 0.849. The van der Waals surface area contributed by atoms with Crippen molar-refractivity contribution in [2.24, 2.45) is 0 Å². The van der Waals surface area contributed by atoms with Crippen LogP contribution in [-0.4, -0.2) is 75.5 Å². The quantitative estimate of drug-likeness (QED) is 0.0948. The molecule has 0 amide bonds. The topological polar surface area (TPSA) is 131 Å². The van der Waals surface area contributed by atoms with Gasteiger partial charge in [-0.3, -0.25) is 4.21 Å². The number of aliphatic hydroxyl groups is 4. The number of aliphatic hydroxyl groups excluding tert-OH is 4. The molecule has 258 valence electrons. The first-order valence-corrected chi connectivity index (χ1v) is 17.9. The Morgan fingerprint density at radius 3 is 1.12 bits per heavy atom. The van der Waals surface area contributed by atoms with Crippen LogP contribution >= 0.6 is 0 Å². The Hall–Kier alpha value is -3.93. The number of rotatable bonds is 12. The van der Waals surface area contributed by atoms with Gasteiger partial charge in [-0.25, -0.2) is 0 Å². The van der Waals surface area contributed by atoms with Gasteiger partial charge < -0.3 is 35.8 Å². The predicted octanol–water partition coefficient (Wildman–Crippen LogP) is 5.40. The molecule has 1 atom stereocenters. The molecule has 6 aromatic carbocycles. The zero-order chi connectivity index (χ0) is 35.2. The smallest absolute Gasteiger partial charge is 0.134 e.